The Hall–Kier alpha value is -3.03. The molecule has 3 aromatic carbocycles. The fraction of sp³-hybridized carbons (Fsp3) is 0.0952. The van der Waals surface area contributed by atoms with Crippen molar-refractivity contribution in [1.29, 1.82) is 0 Å². The van der Waals surface area contributed by atoms with E-state index in [0.29, 0.717) is 17.9 Å². The monoisotopic (exact) mass is 429 g/mol. The van der Waals surface area contributed by atoms with E-state index in [9.17, 15) is 13.2 Å². The Balaban J connectivity index is 1.66. The van der Waals surface area contributed by atoms with Gasteiger partial charge in [-0.15, -0.1) is 0 Å². The average Bonchev–Trinajstić information content (AvgIpc) is 2.68. The smallest absolute Gasteiger partial charge is 0.322 e. The number of carbonyl (C=O) groups excluding carboxylic acids is 1. The molecular weight excluding hydrogens is 414 g/mol. The van der Waals surface area contributed by atoms with Crippen molar-refractivity contribution in [3.05, 3.63) is 88.9 Å². The molecule has 0 radical (unpaired) electrons. The molecule has 8 heteroatoms. The van der Waals surface area contributed by atoms with Crippen LogP contribution in [0.3, 0.4) is 0 Å². The van der Waals surface area contributed by atoms with Gasteiger partial charge in [-0.05, 0) is 41.5 Å². The number of nitrogens with one attached hydrogen (secondary N) is 1. The number of para-hydroxylation sites is 2. The third-order valence-electron chi connectivity index (χ3n) is 4.35. The van der Waals surface area contributed by atoms with Crippen LogP contribution in [0.5, 0.6) is 11.5 Å². The van der Waals surface area contributed by atoms with Crippen LogP contribution in [-0.2, 0) is 21.2 Å². The van der Waals surface area contributed by atoms with E-state index in [1.54, 1.807) is 24.3 Å². The number of carbonyl (C=O) groups is 1. The van der Waals surface area contributed by atoms with Gasteiger partial charge in [0.2, 0.25) is 0 Å². The number of fused-ring (bicyclic) bond motifs is 2. The Morgan fingerprint density at radius 3 is 2.07 bits per heavy atom. The average molecular weight is 430 g/mol. The molecule has 6 nitrogen and oxygen atoms in total. The van der Waals surface area contributed by atoms with E-state index in [4.69, 9.17) is 21.1 Å². The second-order valence-corrected chi connectivity index (χ2v) is 8.51. The molecule has 1 N–H and O–H groups in total. The second-order valence-electron chi connectivity index (χ2n) is 6.39. The summed E-state index contributed by atoms with van der Waals surface area (Å²) in [6, 6.07) is 20.1. The number of amides is 1. The zero-order valence-electron chi connectivity index (χ0n) is 15.0. The van der Waals surface area contributed by atoms with Gasteiger partial charge in [0, 0.05) is 11.4 Å². The van der Waals surface area contributed by atoms with E-state index in [1.165, 1.54) is 24.3 Å². The first-order valence-electron chi connectivity index (χ1n) is 8.74. The molecule has 1 aliphatic heterocycles. The van der Waals surface area contributed by atoms with Crippen LogP contribution in [0.15, 0.2) is 77.7 Å². The highest BCUT2D eigenvalue weighted by molar-refractivity contribution is 7.90. The van der Waals surface area contributed by atoms with Gasteiger partial charge in [0.15, 0.2) is 0 Å². The van der Waals surface area contributed by atoms with Crippen LogP contribution in [0.25, 0.3) is 0 Å². The number of ether oxygens (including phenoxy) is 2. The van der Waals surface area contributed by atoms with E-state index >= 15 is 0 Å². The first kappa shape index (κ1) is 19.3. The summed E-state index contributed by atoms with van der Waals surface area (Å²) in [6.45, 7) is 0. The lowest BCUT2D eigenvalue weighted by Crippen LogP contribution is -2.45. The zero-order chi connectivity index (χ0) is 20.4. The quantitative estimate of drug-likeness (QED) is 0.688. The van der Waals surface area contributed by atoms with Gasteiger partial charge in [-0.25, -0.2) is 13.1 Å². The van der Waals surface area contributed by atoms with Crippen molar-refractivity contribution in [2.45, 2.75) is 17.6 Å². The molecule has 4 rings (SSSR count). The van der Waals surface area contributed by atoms with Crippen molar-refractivity contribution in [3.63, 3.8) is 0 Å². The number of benzene rings is 3. The van der Waals surface area contributed by atoms with Crippen molar-refractivity contribution in [3.8, 4) is 11.5 Å². The highest BCUT2D eigenvalue weighted by Gasteiger charge is 2.30. The van der Waals surface area contributed by atoms with Crippen molar-refractivity contribution < 1.29 is 22.7 Å². The summed E-state index contributed by atoms with van der Waals surface area (Å²) in [7, 11) is -4.15. The normalized spacial score (nSPS) is 13.7. The molecule has 29 heavy (non-hydrogen) atoms. The van der Waals surface area contributed by atoms with Crippen LogP contribution in [-0.4, -0.2) is 20.6 Å². The maximum absolute atomic E-state index is 12.8. The maximum atomic E-state index is 12.8. The Labute approximate surface area is 173 Å². The van der Waals surface area contributed by atoms with Crippen LogP contribution in [0.2, 0.25) is 5.02 Å². The standard InChI is InChI=1S/C21H16ClNO5S/c22-16-8-5-9-17(13-16)29(25,26)23-20(24)21-27-18-10-3-1-6-14(18)12-15-7-2-4-11-19(15)28-21/h1-11,13,21H,12H2,(H,23,24). The summed E-state index contributed by atoms with van der Waals surface area (Å²) in [6.07, 6.45) is -0.937. The molecule has 0 spiro atoms. The van der Waals surface area contributed by atoms with Crippen molar-refractivity contribution in [2.75, 3.05) is 0 Å². The summed E-state index contributed by atoms with van der Waals surface area (Å²) >= 11 is 5.86. The third-order valence-corrected chi connectivity index (χ3v) is 5.93. The largest absolute Gasteiger partial charge is 0.446 e. The summed E-state index contributed by atoms with van der Waals surface area (Å²) < 4.78 is 38.6. The van der Waals surface area contributed by atoms with Crippen molar-refractivity contribution in [2.24, 2.45) is 0 Å². The topological polar surface area (TPSA) is 81.7 Å². The molecular formula is C21H16ClNO5S. The molecule has 0 saturated carbocycles. The molecule has 0 atom stereocenters. The van der Waals surface area contributed by atoms with Crippen molar-refractivity contribution >= 4 is 27.5 Å². The lowest BCUT2D eigenvalue weighted by atomic mass is 10.0. The van der Waals surface area contributed by atoms with Crippen molar-refractivity contribution in [1.82, 2.24) is 4.72 Å². The van der Waals surface area contributed by atoms with E-state index < -0.39 is 22.2 Å². The third kappa shape index (κ3) is 4.21. The number of sulfonamides is 1. The first-order valence-corrected chi connectivity index (χ1v) is 10.6. The Morgan fingerprint density at radius 1 is 0.897 bits per heavy atom. The van der Waals surface area contributed by atoms with Gasteiger partial charge in [-0.2, -0.15) is 0 Å². The van der Waals surface area contributed by atoms with Gasteiger partial charge in [0.1, 0.15) is 11.5 Å². The van der Waals surface area contributed by atoms with Gasteiger partial charge in [0.05, 0.1) is 4.90 Å². The van der Waals surface area contributed by atoms with E-state index in [1.807, 2.05) is 29.0 Å². The van der Waals surface area contributed by atoms with Gasteiger partial charge in [-0.1, -0.05) is 54.1 Å². The molecule has 0 aliphatic carbocycles. The number of hydrogen-bond donors (Lipinski definition) is 1. The summed E-state index contributed by atoms with van der Waals surface area (Å²) in [5.41, 5.74) is 1.72. The minimum absolute atomic E-state index is 0.134. The molecule has 1 amide bonds. The van der Waals surface area contributed by atoms with E-state index in [-0.39, 0.29) is 9.92 Å². The molecule has 1 aliphatic rings. The SMILES string of the molecule is O=C(NS(=O)(=O)c1cccc(Cl)c1)C1Oc2ccccc2Cc2ccccc2O1. The van der Waals surface area contributed by atoms with Gasteiger partial charge in [-0.3, -0.25) is 4.79 Å². The van der Waals surface area contributed by atoms with Gasteiger partial charge in [0.25, 0.3) is 10.0 Å². The van der Waals surface area contributed by atoms with Crippen LogP contribution in [0.1, 0.15) is 11.1 Å². The highest BCUT2D eigenvalue weighted by Crippen LogP contribution is 2.31. The number of rotatable bonds is 3. The minimum Gasteiger partial charge on any atom is -0.446 e. The van der Waals surface area contributed by atoms with Gasteiger partial charge >= 0.3 is 12.2 Å². The Bertz CT molecular complexity index is 1130. The zero-order valence-corrected chi connectivity index (χ0v) is 16.6. The lowest BCUT2D eigenvalue weighted by molar-refractivity contribution is -0.138. The fourth-order valence-electron chi connectivity index (χ4n) is 2.97. The predicted octanol–water partition coefficient (Wildman–Crippen LogP) is 3.53. The molecule has 3 aromatic rings. The molecule has 0 bridgehead atoms. The maximum Gasteiger partial charge on any atom is 0.322 e. The van der Waals surface area contributed by atoms with Crippen LogP contribution >= 0.6 is 11.6 Å². The summed E-state index contributed by atoms with van der Waals surface area (Å²) in [5.74, 6) is -0.0545. The van der Waals surface area contributed by atoms with Crippen LogP contribution in [0, 0.1) is 0 Å². The molecule has 0 fully saturated rings. The first-order chi connectivity index (χ1) is 13.9. The predicted molar refractivity (Wildman–Crippen MR) is 108 cm³/mol. The summed E-state index contributed by atoms with van der Waals surface area (Å²) in [4.78, 5) is 12.6. The minimum atomic E-state index is -4.15. The van der Waals surface area contributed by atoms with E-state index in [2.05, 4.69) is 0 Å². The number of hydrogen-bond acceptors (Lipinski definition) is 5. The molecule has 0 saturated heterocycles. The fourth-order valence-corrected chi connectivity index (χ4v) is 4.24. The Morgan fingerprint density at radius 2 is 1.48 bits per heavy atom. The molecule has 0 unspecified atom stereocenters. The van der Waals surface area contributed by atoms with Gasteiger partial charge < -0.3 is 9.47 Å². The van der Waals surface area contributed by atoms with E-state index in [0.717, 1.165) is 11.1 Å². The van der Waals surface area contributed by atoms with Crippen LogP contribution in [0.4, 0.5) is 0 Å². The van der Waals surface area contributed by atoms with Crippen LogP contribution < -0.4 is 14.2 Å². The summed E-state index contributed by atoms with van der Waals surface area (Å²) in [5, 5.41) is 0.238. The lowest BCUT2D eigenvalue weighted by Gasteiger charge is -2.25. The molecule has 0 aromatic heterocycles. The number of halogens is 1. The molecule has 1 heterocycles. The second kappa shape index (κ2) is 7.77. The molecule has 148 valence electrons. The highest BCUT2D eigenvalue weighted by atomic mass is 35.5. The Kier molecular flexibility index (Phi) is 5.17.